The van der Waals surface area contributed by atoms with Crippen molar-refractivity contribution in [3.63, 3.8) is 0 Å². The van der Waals surface area contributed by atoms with E-state index in [1.54, 1.807) is 0 Å². The van der Waals surface area contributed by atoms with E-state index in [4.69, 9.17) is 0 Å². The Bertz CT molecular complexity index is 328. The van der Waals surface area contributed by atoms with E-state index in [1.165, 1.54) is 31.4 Å². The molecule has 0 bridgehead atoms. The van der Waals surface area contributed by atoms with Crippen LogP contribution in [0.1, 0.15) is 50.9 Å². The van der Waals surface area contributed by atoms with Crippen LogP contribution in [0.5, 0.6) is 0 Å². The molecule has 0 aliphatic carbocycles. The molecule has 104 valence electrons. The van der Waals surface area contributed by atoms with Crippen molar-refractivity contribution < 1.29 is 0 Å². The van der Waals surface area contributed by atoms with Crippen LogP contribution in [0.25, 0.3) is 0 Å². The van der Waals surface area contributed by atoms with Crippen molar-refractivity contribution in [2.75, 3.05) is 13.1 Å². The molecule has 0 spiro atoms. The van der Waals surface area contributed by atoms with Gasteiger partial charge in [0.2, 0.25) is 0 Å². The van der Waals surface area contributed by atoms with Crippen molar-refractivity contribution in [1.82, 2.24) is 15.1 Å². The normalized spacial score (nSPS) is 11.4. The molecule has 0 radical (unpaired) electrons. The smallest absolute Gasteiger partial charge is 0.0596 e. The summed E-state index contributed by atoms with van der Waals surface area (Å²) < 4.78 is 2.13. The lowest BCUT2D eigenvalue weighted by atomic mass is 10.2. The van der Waals surface area contributed by atoms with E-state index in [0.29, 0.717) is 0 Å². The number of nitrogens with one attached hydrogen (secondary N) is 1. The van der Waals surface area contributed by atoms with Gasteiger partial charge < -0.3 is 5.32 Å². The standard InChI is InChI=1S/C15H29N3/c1-13(2)12-16-9-7-5-6-8-10-18-15(4)11-14(3)17-18/h11,13,16H,5-10,12H2,1-4H3. The number of hydrogen-bond donors (Lipinski definition) is 1. The molecule has 0 fully saturated rings. The van der Waals surface area contributed by atoms with Crippen molar-refractivity contribution in [1.29, 1.82) is 0 Å². The fourth-order valence-electron chi connectivity index (χ4n) is 2.16. The van der Waals surface area contributed by atoms with Gasteiger partial charge in [0, 0.05) is 12.2 Å². The Morgan fingerprint density at radius 2 is 1.89 bits per heavy atom. The average molecular weight is 251 g/mol. The van der Waals surface area contributed by atoms with Crippen molar-refractivity contribution >= 4 is 0 Å². The van der Waals surface area contributed by atoms with Crippen LogP contribution in [0.2, 0.25) is 0 Å². The number of rotatable bonds is 9. The average Bonchev–Trinajstić information content (AvgIpc) is 2.61. The zero-order chi connectivity index (χ0) is 13.4. The predicted octanol–water partition coefficient (Wildman–Crippen LogP) is 3.31. The first-order chi connectivity index (χ1) is 8.59. The third-order valence-electron chi connectivity index (χ3n) is 3.13. The maximum Gasteiger partial charge on any atom is 0.0596 e. The summed E-state index contributed by atoms with van der Waals surface area (Å²) in [6, 6.07) is 2.15. The molecule has 0 saturated carbocycles. The molecular weight excluding hydrogens is 222 g/mol. The SMILES string of the molecule is Cc1cc(C)n(CCCCCCNCC(C)C)n1. The summed E-state index contributed by atoms with van der Waals surface area (Å²) in [5.74, 6) is 0.760. The first-order valence-corrected chi connectivity index (χ1v) is 7.31. The summed E-state index contributed by atoms with van der Waals surface area (Å²) in [6.45, 7) is 12.1. The number of unbranched alkanes of at least 4 members (excludes halogenated alkanes) is 3. The quantitative estimate of drug-likeness (QED) is 0.682. The van der Waals surface area contributed by atoms with Crippen LogP contribution >= 0.6 is 0 Å². The highest BCUT2D eigenvalue weighted by molar-refractivity contribution is 5.06. The number of aryl methyl sites for hydroxylation is 3. The summed E-state index contributed by atoms with van der Waals surface area (Å²) in [5, 5.41) is 7.97. The molecule has 0 aliphatic heterocycles. The van der Waals surface area contributed by atoms with Gasteiger partial charge >= 0.3 is 0 Å². The second kappa shape index (κ2) is 8.30. The van der Waals surface area contributed by atoms with E-state index in [0.717, 1.165) is 31.2 Å². The summed E-state index contributed by atoms with van der Waals surface area (Å²) in [4.78, 5) is 0. The molecule has 3 nitrogen and oxygen atoms in total. The fourth-order valence-corrected chi connectivity index (χ4v) is 2.16. The molecule has 18 heavy (non-hydrogen) atoms. The van der Waals surface area contributed by atoms with E-state index in [2.05, 4.69) is 48.9 Å². The van der Waals surface area contributed by atoms with Crippen molar-refractivity contribution in [3.05, 3.63) is 17.5 Å². The van der Waals surface area contributed by atoms with Gasteiger partial charge in [-0.05, 0) is 51.8 Å². The Morgan fingerprint density at radius 1 is 1.17 bits per heavy atom. The van der Waals surface area contributed by atoms with Crippen molar-refractivity contribution in [2.24, 2.45) is 5.92 Å². The monoisotopic (exact) mass is 251 g/mol. The van der Waals surface area contributed by atoms with Gasteiger partial charge in [0.15, 0.2) is 0 Å². The second-order valence-electron chi connectivity index (χ2n) is 5.66. The molecule has 0 aromatic carbocycles. The van der Waals surface area contributed by atoms with Gasteiger partial charge in [0.05, 0.1) is 5.69 Å². The van der Waals surface area contributed by atoms with Crippen LogP contribution in [0.3, 0.4) is 0 Å². The minimum Gasteiger partial charge on any atom is -0.316 e. The first-order valence-electron chi connectivity index (χ1n) is 7.31. The summed E-state index contributed by atoms with van der Waals surface area (Å²) in [7, 11) is 0. The summed E-state index contributed by atoms with van der Waals surface area (Å²) in [6.07, 6.45) is 5.17. The first kappa shape index (κ1) is 15.2. The van der Waals surface area contributed by atoms with Gasteiger partial charge in [-0.1, -0.05) is 26.7 Å². The van der Waals surface area contributed by atoms with Crippen LogP contribution < -0.4 is 5.32 Å². The zero-order valence-electron chi connectivity index (χ0n) is 12.5. The minimum atomic E-state index is 0.760. The molecule has 1 N–H and O–H groups in total. The van der Waals surface area contributed by atoms with Gasteiger partial charge in [-0.15, -0.1) is 0 Å². The highest BCUT2D eigenvalue weighted by Crippen LogP contribution is 2.06. The largest absolute Gasteiger partial charge is 0.316 e. The van der Waals surface area contributed by atoms with Crippen LogP contribution in [-0.4, -0.2) is 22.9 Å². The fraction of sp³-hybridized carbons (Fsp3) is 0.800. The van der Waals surface area contributed by atoms with Crippen LogP contribution in [-0.2, 0) is 6.54 Å². The Kier molecular flexibility index (Phi) is 7.02. The number of nitrogens with zero attached hydrogens (tertiary/aromatic N) is 2. The van der Waals surface area contributed by atoms with Gasteiger partial charge in [0.1, 0.15) is 0 Å². The van der Waals surface area contributed by atoms with E-state index >= 15 is 0 Å². The molecule has 0 atom stereocenters. The Hall–Kier alpha value is -0.830. The molecule has 0 aliphatic rings. The molecular formula is C15H29N3. The van der Waals surface area contributed by atoms with Gasteiger partial charge in [-0.2, -0.15) is 5.10 Å². The minimum absolute atomic E-state index is 0.760. The Morgan fingerprint density at radius 3 is 2.50 bits per heavy atom. The zero-order valence-corrected chi connectivity index (χ0v) is 12.5. The third-order valence-corrected chi connectivity index (χ3v) is 3.13. The maximum atomic E-state index is 4.48. The number of aromatic nitrogens is 2. The van der Waals surface area contributed by atoms with Crippen LogP contribution in [0.4, 0.5) is 0 Å². The summed E-state index contributed by atoms with van der Waals surface area (Å²) in [5.41, 5.74) is 2.41. The molecule has 1 aromatic heterocycles. The lowest BCUT2D eigenvalue weighted by Crippen LogP contribution is -2.20. The van der Waals surface area contributed by atoms with E-state index in [-0.39, 0.29) is 0 Å². The van der Waals surface area contributed by atoms with Crippen LogP contribution in [0.15, 0.2) is 6.07 Å². The molecule has 0 amide bonds. The van der Waals surface area contributed by atoms with Gasteiger partial charge in [-0.3, -0.25) is 4.68 Å². The maximum absolute atomic E-state index is 4.48. The van der Waals surface area contributed by atoms with Gasteiger partial charge in [-0.25, -0.2) is 0 Å². The van der Waals surface area contributed by atoms with Crippen molar-refractivity contribution in [2.45, 2.75) is 59.9 Å². The predicted molar refractivity (Wildman–Crippen MR) is 77.9 cm³/mol. The third kappa shape index (κ3) is 6.20. The molecule has 0 unspecified atom stereocenters. The van der Waals surface area contributed by atoms with E-state index < -0.39 is 0 Å². The topological polar surface area (TPSA) is 29.9 Å². The molecule has 3 heteroatoms. The highest BCUT2D eigenvalue weighted by Gasteiger charge is 2.00. The molecule has 1 rings (SSSR count). The second-order valence-corrected chi connectivity index (χ2v) is 5.66. The molecule has 1 aromatic rings. The number of hydrogen-bond acceptors (Lipinski definition) is 2. The Balaban J connectivity index is 1.97. The van der Waals surface area contributed by atoms with Crippen molar-refractivity contribution in [3.8, 4) is 0 Å². The molecule has 0 saturated heterocycles. The highest BCUT2D eigenvalue weighted by atomic mass is 15.3. The Labute approximate surface area is 112 Å². The van der Waals surface area contributed by atoms with Crippen LogP contribution in [0, 0.1) is 19.8 Å². The van der Waals surface area contributed by atoms with Gasteiger partial charge in [0.25, 0.3) is 0 Å². The van der Waals surface area contributed by atoms with E-state index in [9.17, 15) is 0 Å². The molecule has 1 heterocycles. The summed E-state index contributed by atoms with van der Waals surface area (Å²) >= 11 is 0. The lowest BCUT2D eigenvalue weighted by Gasteiger charge is -2.07. The lowest BCUT2D eigenvalue weighted by molar-refractivity contribution is 0.501. The van der Waals surface area contributed by atoms with E-state index in [1.807, 2.05) is 0 Å².